The Balaban J connectivity index is 1.99. The molecule has 0 amide bonds. The number of nitrogen functional groups attached to an aromatic ring is 1. The number of carbonyl (C=O) groups excluding carboxylic acids is 1. The molecule has 0 saturated heterocycles. The molecule has 0 fully saturated rings. The summed E-state index contributed by atoms with van der Waals surface area (Å²) in [4.78, 5) is 32.1. The van der Waals surface area contributed by atoms with Crippen LogP contribution in [-0.2, 0) is 10.0 Å². The summed E-state index contributed by atoms with van der Waals surface area (Å²) in [6.45, 7) is 0. The molecular formula is C16H8Cl3N5O8S. The van der Waals surface area contributed by atoms with Crippen LogP contribution < -0.4 is 10.5 Å². The zero-order chi connectivity index (χ0) is 24.7. The zero-order valence-electron chi connectivity index (χ0n) is 15.6. The van der Waals surface area contributed by atoms with E-state index in [1.807, 2.05) is 0 Å². The van der Waals surface area contributed by atoms with Crippen LogP contribution in [0.5, 0.6) is 5.88 Å². The van der Waals surface area contributed by atoms with Gasteiger partial charge in [-0.15, -0.1) is 9.19 Å². The van der Waals surface area contributed by atoms with E-state index in [1.165, 1.54) is 12.1 Å². The van der Waals surface area contributed by atoms with E-state index in [2.05, 4.69) is 5.10 Å². The Morgan fingerprint density at radius 1 is 1.03 bits per heavy atom. The maximum atomic E-state index is 12.8. The molecule has 0 aliphatic rings. The summed E-state index contributed by atoms with van der Waals surface area (Å²) < 4.78 is 30.9. The van der Waals surface area contributed by atoms with Crippen molar-refractivity contribution >= 4 is 68.0 Å². The maximum Gasteiger partial charge on any atom is 0.345 e. The molecule has 0 aliphatic heterocycles. The van der Waals surface area contributed by atoms with E-state index in [1.54, 1.807) is 0 Å². The van der Waals surface area contributed by atoms with E-state index in [0.29, 0.717) is 16.2 Å². The lowest BCUT2D eigenvalue weighted by molar-refractivity contribution is -0.393. The van der Waals surface area contributed by atoms with E-state index in [-0.39, 0.29) is 10.0 Å². The Bertz CT molecular complexity index is 1400. The van der Waals surface area contributed by atoms with Crippen molar-refractivity contribution in [3.05, 3.63) is 77.3 Å². The summed E-state index contributed by atoms with van der Waals surface area (Å²) in [7, 11) is -4.47. The van der Waals surface area contributed by atoms with Crippen molar-refractivity contribution in [3.63, 3.8) is 0 Å². The molecule has 2 N–H and O–H groups in total. The van der Waals surface area contributed by atoms with Crippen LogP contribution in [0.4, 0.5) is 17.2 Å². The lowest BCUT2D eigenvalue weighted by atomic mass is 10.1. The highest BCUT2D eigenvalue weighted by atomic mass is 35.5. The fraction of sp³-hybridized carbons (Fsp3) is 0. The molecule has 3 rings (SSSR count). The highest BCUT2D eigenvalue weighted by Gasteiger charge is 2.29. The second-order valence-corrected chi connectivity index (χ2v) is 9.02. The lowest BCUT2D eigenvalue weighted by Crippen LogP contribution is -2.17. The normalized spacial score (nSPS) is 11.2. The Morgan fingerprint density at radius 3 is 2.15 bits per heavy atom. The first-order valence-corrected chi connectivity index (χ1v) is 10.8. The minimum absolute atomic E-state index is 0.0567. The molecule has 0 unspecified atom stereocenters. The molecule has 0 bridgehead atoms. The largest absolute Gasteiger partial charge is 0.402 e. The van der Waals surface area contributed by atoms with Gasteiger partial charge >= 0.3 is 5.97 Å². The lowest BCUT2D eigenvalue weighted by Gasteiger charge is -2.08. The molecule has 0 spiro atoms. The average molecular weight is 537 g/mol. The van der Waals surface area contributed by atoms with Gasteiger partial charge in [-0.3, -0.25) is 20.2 Å². The SMILES string of the molecule is Nc1cc(OC(=O)c2cc([N+](=O)[O-])c(Cl)c([N+](=O)[O-])c2)nn1S(=O)(=O)c1cc(Cl)ccc1Cl. The number of ether oxygens (including phenoxy) is 1. The van der Waals surface area contributed by atoms with Crippen molar-refractivity contribution in [3.8, 4) is 5.88 Å². The quantitative estimate of drug-likeness (QED) is 0.276. The number of hydrogen-bond acceptors (Lipinski definition) is 10. The van der Waals surface area contributed by atoms with Crippen LogP contribution in [0.3, 0.4) is 0 Å². The molecule has 1 heterocycles. The van der Waals surface area contributed by atoms with Gasteiger partial charge in [0, 0.05) is 23.2 Å². The van der Waals surface area contributed by atoms with Gasteiger partial charge in [0.1, 0.15) is 10.7 Å². The maximum absolute atomic E-state index is 12.8. The minimum Gasteiger partial charge on any atom is -0.402 e. The minimum atomic E-state index is -4.47. The summed E-state index contributed by atoms with van der Waals surface area (Å²) in [6, 6.07) is 5.82. The van der Waals surface area contributed by atoms with Gasteiger partial charge in [-0.2, -0.15) is 8.42 Å². The Morgan fingerprint density at radius 2 is 1.61 bits per heavy atom. The molecule has 17 heteroatoms. The monoisotopic (exact) mass is 535 g/mol. The fourth-order valence-corrected chi connectivity index (χ4v) is 4.69. The second-order valence-electron chi connectivity index (χ2n) is 6.06. The molecule has 0 aliphatic carbocycles. The van der Waals surface area contributed by atoms with E-state index in [9.17, 15) is 33.4 Å². The third kappa shape index (κ3) is 4.68. The molecule has 3 aromatic rings. The zero-order valence-corrected chi connectivity index (χ0v) is 18.7. The van der Waals surface area contributed by atoms with Crippen LogP contribution in [0.2, 0.25) is 15.1 Å². The van der Waals surface area contributed by atoms with Crippen molar-refractivity contribution in [2.75, 3.05) is 5.73 Å². The van der Waals surface area contributed by atoms with Crippen molar-refractivity contribution in [2.24, 2.45) is 0 Å². The number of rotatable bonds is 6. The molecule has 172 valence electrons. The van der Waals surface area contributed by atoms with Crippen molar-refractivity contribution in [1.29, 1.82) is 0 Å². The predicted octanol–water partition coefficient (Wildman–Crippen LogP) is 3.70. The van der Waals surface area contributed by atoms with Crippen LogP contribution in [-0.4, -0.2) is 33.4 Å². The predicted molar refractivity (Wildman–Crippen MR) is 115 cm³/mol. The molecule has 1 aromatic heterocycles. The van der Waals surface area contributed by atoms with E-state index in [0.717, 1.165) is 12.1 Å². The van der Waals surface area contributed by atoms with Gasteiger partial charge in [-0.05, 0) is 18.2 Å². The number of hydrogen-bond donors (Lipinski definition) is 1. The number of nitrogens with two attached hydrogens (primary N) is 1. The van der Waals surface area contributed by atoms with Crippen LogP contribution in [0.15, 0.2) is 41.3 Å². The van der Waals surface area contributed by atoms with Gasteiger partial charge in [0.15, 0.2) is 5.02 Å². The fourth-order valence-electron chi connectivity index (χ4n) is 2.50. The number of carbonyl (C=O) groups is 1. The molecule has 33 heavy (non-hydrogen) atoms. The topological polar surface area (TPSA) is 191 Å². The summed E-state index contributed by atoms with van der Waals surface area (Å²) in [5.74, 6) is -2.44. The number of anilines is 1. The number of aromatic nitrogens is 2. The van der Waals surface area contributed by atoms with Gasteiger partial charge < -0.3 is 10.5 Å². The first-order valence-electron chi connectivity index (χ1n) is 8.23. The number of nitro benzene ring substituents is 2. The number of nitro groups is 2. The van der Waals surface area contributed by atoms with Crippen LogP contribution in [0.25, 0.3) is 0 Å². The van der Waals surface area contributed by atoms with Gasteiger partial charge in [0.25, 0.3) is 21.4 Å². The summed E-state index contributed by atoms with van der Waals surface area (Å²) in [6.07, 6.45) is 0. The first-order chi connectivity index (χ1) is 15.3. The molecular weight excluding hydrogens is 529 g/mol. The second kappa shape index (κ2) is 8.82. The van der Waals surface area contributed by atoms with Gasteiger partial charge in [0.2, 0.25) is 5.88 Å². The molecule has 0 atom stereocenters. The summed E-state index contributed by atoms with van der Waals surface area (Å²) in [5, 5.41) is 24.9. The summed E-state index contributed by atoms with van der Waals surface area (Å²) >= 11 is 17.4. The van der Waals surface area contributed by atoms with Gasteiger partial charge in [-0.1, -0.05) is 34.8 Å². The Hall–Kier alpha value is -3.46. The Kier molecular flexibility index (Phi) is 6.46. The number of benzene rings is 2. The molecule has 0 radical (unpaired) electrons. The van der Waals surface area contributed by atoms with E-state index in [4.69, 9.17) is 45.3 Å². The van der Waals surface area contributed by atoms with Gasteiger partial charge in [0.05, 0.1) is 20.4 Å². The molecule has 2 aromatic carbocycles. The number of nitrogens with zero attached hydrogens (tertiary/aromatic N) is 4. The average Bonchev–Trinajstić information content (AvgIpc) is 3.10. The van der Waals surface area contributed by atoms with Crippen LogP contribution in [0.1, 0.15) is 10.4 Å². The van der Waals surface area contributed by atoms with Crippen molar-refractivity contribution < 1.29 is 27.8 Å². The molecule has 13 nitrogen and oxygen atoms in total. The van der Waals surface area contributed by atoms with Crippen molar-refractivity contribution in [2.45, 2.75) is 4.90 Å². The Labute approximate surface area is 198 Å². The third-order valence-electron chi connectivity index (χ3n) is 3.94. The highest BCUT2D eigenvalue weighted by Crippen LogP contribution is 2.35. The third-order valence-corrected chi connectivity index (χ3v) is 6.65. The molecule has 0 saturated carbocycles. The first kappa shape index (κ1) is 24.2. The van der Waals surface area contributed by atoms with Gasteiger partial charge in [-0.25, -0.2) is 4.79 Å². The van der Waals surface area contributed by atoms with Crippen molar-refractivity contribution in [1.82, 2.24) is 9.19 Å². The number of halogens is 3. The van der Waals surface area contributed by atoms with Crippen LogP contribution in [0, 0.1) is 20.2 Å². The summed E-state index contributed by atoms with van der Waals surface area (Å²) in [5.41, 5.74) is 3.22. The standard InChI is InChI=1S/C16H8Cl3N5O8S/c17-8-1-2-9(18)12(5-8)33(30,31)22-13(20)6-14(21-22)32-16(25)7-3-10(23(26)27)15(19)11(4-7)24(28)29/h1-6H,20H2. The van der Waals surface area contributed by atoms with E-state index < -0.39 is 64.4 Å². The van der Waals surface area contributed by atoms with Crippen LogP contribution >= 0.6 is 34.8 Å². The number of esters is 1. The smallest absolute Gasteiger partial charge is 0.345 e. The highest BCUT2D eigenvalue weighted by molar-refractivity contribution is 7.90. The van der Waals surface area contributed by atoms with E-state index >= 15 is 0 Å².